The zero-order valence-electron chi connectivity index (χ0n) is 8.77. The molecule has 0 atom stereocenters. The van der Waals surface area contributed by atoms with Gasteiger partial charge in [0.1, 0.15) is 0 Å². The first-order valence-electron chi connectivity index (χ1n) is 4.87. The van der Waals surface area contributed by atoms with Gasteiger partial charge in [-0.2, -0.15) is 0 Å². The summed E-state index contributed by atoms with van der Waals surface area (Å²) in [6.45, 7) is 1.54. The maximum absolute atomic E-state index is 11.2. The van der Waals surface area contributed by atoms with Crippen LogP contribution < -0.4 is 0 Å². The van der Waals surface area contributed by atoms with Gasteiger partial charge in [0.15, 0.2) is 12.1 Å². The lowest BCUT2D eigenvalue weighted by atomic mass is 10.1. The zero-order valence-corrected chi connectivity index (χ0v) is 9.58. The largest absolute Gasteiger partial charge is 0.298 e. The molecule has 0 radical (unpaired) electrons. The number of ketones is 1. The SMILES string of the molecule is CC(=O)c1ccc(-c2ccccc2C=O)s1. The number of Topliss-reactive ketones (excluding diaryl/α,β-unsaturated/α-hetero) is 1. The molecule has 0 amide bonds. The van der Waals surface area contributed by atoms with Crippen molar-refractivity contribution >= 4 is 23.4 Å². The van der Waals surface area contributed by atoms with Gasteiger partial charge in [-0.25, -0.2) is 0 Å². The number of aldehydes is 1. The number of rotatable bonds is 3. The number of benzene rings is 1. The highest BCUT2D eigenvalue weighted by Crippen LogP contribution is 2.30. The van der Waals surface area contributed by atoms with Gasteiger partial charge in [0.25, 0.3) is 0 Å². The fourth-order valence-corrected chi connectivity index (χ4v) is 2.44. The van der Waals surface area contributed by atoms with E-state index in [0.717, 1.165) is 21.6 Å². The van der Waals surface area contributed by atoms with Crippen molar-refractivity contribution in [1.82, 2.24) is 0 Å². The van der Waals surface area contributed by atoms with Gasteiger partial charge in [-0.3, -0.25) is 9.59 Å². The molecule has 0 saturated heterocycles. The maximum Gasteiger partial charge on any atom is 0.169 e. The summed E-state index contributed by atoms with van der Waals surface area (Å²) in [6.07, 6.45) is 0.836. The van der Waals surface area contributed by atoms with Crippen molar-refractivity contribution in [3.63, 3.8) is 0 Å². The van der Waals surface area contributed by atoms with Crippen LogP contribution in [0, 0.1) is 0 Å². The summed E-state index contributed by atoms with van der Waals surface area (Å²) in [5.74, 6) is 0.0554. The third kappa shape index (κ3) is 1.95. The Morgan fingerprint density at radius 3 is 2.56 bits per heavy atom. The van der Waals surface area contributed by atoms with Crippen LogP contribution in [0.3, 0.4) is 0 Å². The Labute approximate surface area is 97.5 Å². The molecule has 0 N–H and O–H groups in total. The van der Waals surface area contributed by atoms with E-state index in [2.05, 4.69) is 0 Å². The van der Waals surface area contributed by atoms with Crippen molar-refractivity contribution in [2.24, 2.45) is 0 Å². The van der Waals surface area contributed by atoms with E-state index in [9.17, 15) is 9.59 Å². The van der Waals surface area contributed by atoms with Gasteiger partial charge in [0.05, 0.1) is 4.88 Å². The Morgan fingerprint density at radius 1 is 1.19 bits per heavy atom. The highest BCUT2D eigenvalue weighted by molar-refractivity contribution is 7.17. The van der Waals surface area contributed by atoms with E-state index in [0.29, 0.717) is 5.56 Å². The first-order valence-corrected chi connectivity index (χ1v) is 5.69. The van der Waals surface area contributed by atoms with Gasteiger partial charge >= 0.3 is 0 Å². The second kappa shape index (κ2) is 4.41. The van der Waals surface area contributed by atoms with E-state index in [1.165, 1.54) is 11.3 Å². The van der Waals surface area contributed by atoms with Crippen LogP contribution in [0.2, 0.25) is 0 Å². The summed E-state index contributed by atoms with van der Waals surface area (Å²) in [4.78, 5) is 23.7. The number of hydrogen-bond donors (Lipinski definition) is 0. The van der Waals surface area contributed by atoms with Gasteiger partial charge in [-0.15, -0.1) is 11.3 Å². The van der Waals surface area contributed by atoms with Crippen LogP contribution in [0.5, 0.6) is 0 Å². The molecule has 1 aromatic heterocycles. The standard InChI is InChI=1S/C13H10O2S/c1-9(15)12-6-7-13(16-12)11-5-3-2-4-10(11)8-14/h2-8H,1H3. The van der Waals surface area contributed by atoms with Crippen molar-refractivity contribution in [2.45, 2.75) is 6.92 Å². The summed E-state index contributed by atoms with van der Waals surface area (Å²) < 4.78 is 0. The molecule has 2 nitrogen and oxygen atoms in total. The first kappa shape index (κ1) is 10.8. The second-order valence-electron chi connectivity index (χ2n) is 3.43. The van der Waals surface area contributed by atoms with Crippen LogP contribution in [-0.2, 0) is 0 Å². The molecule has 3 heteroatoms. The molecule has 16 heavy (non-hydrogen) atoms. The number of carbonyl (C=O) groups excluding carboxylic acids is 2. The molecular weight excluding hydrogens is 220 g/mol. The fraction of sp³-hybridized carbons (Fsp3) is 0.0769. The average Bonchev–Trinajstić information content (AvgIpc) is 2.78. The number of thiophene rings is 1. The molecule has 0 fully saturated rings. The highest BCUT2D eigenvalue weighted by Gasteiger charge is 2.08. The van der Waals surface area contributed by atoms with E-state index in [1.54, 1.807) is 19.1 Å². The van der Waals surface area contributed by atoms with Crippen molar-refractivity contribution in [3.8, 4) is 10.4 Å². The third-order valence-electron chi connectivity index (χ3n) is 2.31. The van der Waals surface area contributed by atoms with E-state index < -0.39 is 0 Å². The highest BCUT2D eigenvalue weighted by atomic mass is 32.1. The van der Waals surface area contributed by atoms with E-state index >= 15 is 0 Å². The molecule has 0 saturated carbocycles. The molecule has 0 aliphatic heterocycles. The molecule has 2 aromatic rings. The fourth-order valence-electron chi connectivity index (χ4n) is 1.50. The molecule has 0 bridgehead atoms. The van der Waals surface area contributed by atoms with Crippen LogP contribution in [0.25, 0.3) is 10.4 Å². The molecule has 1 aromatic carbocycles. The summed E-state index contributed by atoms with van der Waals surface area (Å²) in [6, 6.07) is 11.0. The van der Waals surface area contributed by atoms with E-state index in [4.69, 9.17) is 0 Å². The normalized spacial score (nSPS) is 10.1. The Hall–Kier alpha value is -1.74. The van der Waals surface area contributed by atoms with Crippen LogP contribution in [0.1, 0.15) is 27.0 Å². The monoisotopic (exact) mass is 230 g/mol. The Balaban J connectivity index is 2.50. The van der Waals surface area contributed by atoms with Crippen LogP contribution in [0.4, 0.5) is 0 Å². The molecule has 0 aliphatic rings. The molecular formula is C13H10O2S. The zero-order chi connectivity index (χ0) is 11.5. The Bertz CT molecular complexity index is 540. The Kier molecular flexibility index (Phi) is 2.97. The number of hydrogen-bond acceptors (Lipinski definition) is 3. The predicted molar refractivity (Wildman–Crippen MR) is 65.1 cm³/mol. The van der Waals surface area contributed by atoms with Gasteiger partial charge in [-0.1, -0.05) is 24.3 Å². The lowest BCUT2D eigenvalue weighted by molar-refractivity contribution is 0.102. The summed E-state index contributed by atoms with van der Waals surface area (Å²) in [5, 5.41) is 0. The molecule has 0 aliphatic carbocycles. The van der Waals surface area contributed by atoms with Crippen LogP contribution >= 0.6 is 11.3 Å². The lowest BCUT2D eigenvalue weighted by Gasteiger charge is -2.00. The first-order chi connectivity index (χ1) is 7.72. The Morgan fingerprint density at radius 2 is 1.94 bits per heavy atom. The van der Waals surface area contributed by atoms with Crippen molar-refractivity contribution in [2.75, 3.05) is 0 Å². The van der Waals surface area contributed by atoms with Crippen LogP contribution in [-0.4, -0.2) is 12.1 Å². The van der Waals surface area contributed by atoms with Gasteiger partial charge in [0, 0.05) is 16.0 Å². The maximum atomic E-state index is 11.2. The van der Waals surface area contributed by atoms with Gasteiger partial charge < -0.3 is 0 Å². The van der Waals surface area contributed by atoms with Crippen molar-refractivity contribution < 1.29 is 9.59 Å². The second-order valence-corrected chi connectivity index (χ2v) is 4.51. The summed E-state index contributed by atoms with van der Waals surface area (Å²) in [7, 11) is 0. The summed E-state index contributed by atoms with van der Waals surface area (Å²) in [5.41, 5.74) is 1.54. The molecule has 0 spiro atoms. The third-order valence-corrected chi connectivity index (χ3v) is 3.53. The predicted octanol–water partition coefficient (Wildman–Crippen LogP) is 3.43. The van der Waals surface area contributed by atoms with Crippen molar-refractivity contribution in [3.05, 3.63) is 46.8 Å². The number of carbonyl (C=O) groups is 2. The minimum absolute atomic E-state index is 0.0554. The van der Waals surface area contributed by atoms with Gasteiger partial charge in [-0.05, 0) is 19.1 Å². The van der Waals surface area contributed by atoms with Crippen LogP contribution in [0.15, 0.2) is 36.4 Å². The average molecular weight is 230 g/mol. The minimum atomic E-state index is 0.0554. The molecule has 2 rings (SSSR count). The quantitative estimate of drug-likeness (QED) is 0.598. The topological polar surface area (TPSA) is 34.1 Å². The van der Waals surface area contributed by atoms with E-state index in [-0.39, 0.29) is 5.78 Å². The lowest BCUT2D eigenvalue weighted by Crippen LogP contribution is -1.84. The minimum Gasteiger partial charge on any atom is -0.298 e. The molecule has 0 unspecified atom stereocenters. The van der Waals surface area contributed by atoms with Gasteiger partial charge in [0.2, 0.25) is 0 Å². The molecule has 80 valence electrons. The van der Waals surface area contributed by atoms with E-state index in [1.807, 2.05) is 24.3 Å². The van der Waals surface area contributed by atoms with Crippen molar-refractivity contribution in [1.29, 1.82) is 0 Å². The molecule has 1 heterocycles. The smallest absolute Gasteiger partial charge is 0.169 e. The summed E-state index contributed by atoms with van der Waals surface area (Å²) >= 11 is 1.42.